The van der Waals surface area contributed by atoms with Crippen LogP contribution in [0.25, 0.3) is 0 Å². The van der Waals surface area contributed by atoms with E-state index in [9.17, 15) is 14.4 Å². The molecule has 1 aromatic carbocycles. The molecule has 1 rings (SSSR count). The third-order valence-electron chi connectivity index (χ3n) is 3.56. The SMILES string of the molecule is COc1ccc(CNC(=O)COC(=O)[C@H](NC(C)=O)C(C)C)cc1OC. The summed E-state index contributed by atoms with van der Waals surface area (Å²) in [7, 11) is 3.07. The Morgan fingerprint density at radius 3 is 2.27 bits per heavy atom. The van der Waals surface area contributed by atoms with Gasteiger partial charge in [-0.25, -0.2) is 4.79 Å². The second-order valence-corrected chi connectivity index (χ2v) is 6.00. The zero-order chi connectivity index (χ0) is 19.7. The number of carbonyl (C=O) groups is 3. The highest BCUT2D eigenvalue weighted by atomic mass is 16.5. The molecular formula is C18H26N2O6. The van der Waals surface area contributed by atoms with E-state index in [1.807, 2.05) is 0 Å². The van der Waals surface area contributed by atoms with E-state index < -0.39 is 24.5 Å². The van der Waals surface area contributed by atoms with Crippen LogP contribution in [-0.4, -0.2) is 44.7 Å². The van der Waals surface area contributed by atoms with Crippen LogP contribution in [0.4, 0.5) is 0 Å². The zero-order valence-corrected chi connectivity index (χ0v) is 15.8. The largest absolute Gasteiger partial charge is 0.493 e. The molecule has 8 heteroatoms. The van der Waals surface area contributed by atoms with Crippen LogP contribution in [0.15, 0.2) is 18.2 Å². The van der Waals surface area contributed by atoms with Crippen molar-refractivity contribution in [2.45, 2.75) is 33.4 Å². The van der Waals surface area contributed by atoms with Crippen LogP contribution < -0.4 is 20.1 Å². The van der Waals surface area contributed by atoms with Crippen molar-refractivity contribution in [1.82, 2.24) is 10.6 Å². The van der Waals surface area contributed by atoms with E-state index in [4.69, 9.17) is 14.2 Å². The molecule has 0 spiro atoms. The number of nitrogens with one attached hydrogen (secondary N) is 2. The molecule has 0 aliphatic heterocycles. The van der Waals surface area contributed by atoms with E-state index in [2.05, 4.69) is 10.6 Å². The highest BCUT2D eigenvalue weighted by Gasteiger charge is 2.25. The van der Waals surface area contributed by atoms with E-state index in [1.54, 1.807) is 39.2 Å². The lowest BCUT2D eigenvalue weighted by atomic mass is 10.0. The summed E-state index contributed by atoms with van der Waals surface area (Å²) >= 11 is 0. The molecule has 1 aromatic rings. The molecule has 0 aromatic heterocycles. The van der Waals surface area contributed by atoms with Gasteiger partial charge in [0.05, 0.1) is 14.2 Å². The molecule has 0 fully saturated rings. The predicted octanol–water partition coefficient (Wildman–Crippen LogP) is 1.02. The highest BCUT2D eigenvalue weighted by molar-refractivity contribution is 5.85. The number of ether oxygens (including phenoxy) is 3. The maximum atomic E-state index is 12.0. The summed E-state index contributed by atoms with van der Waals surface area (Å²) in [5, 5.41) is 5.17. The second-order valence-electron chi connectivity index (χ2n) is 6.00. The number of rotatable bonds is 9. The summed E-state index contributed by atoms with van der Waals surface area (Å²) in [6.45, 7) is 4.70. The summed E-state index contributed by atoms with van der Waals surface area (Å²) in [5.41, 5.74) is 0.806. The van der Waals surface area contributed by atoms with E-state index in [-0.39, 0.29) is 18.4 Å². The first-order valence-electron chi connectivity index (χ1n) is 8.19. The highest BCUT2D eigenvalue weighted by Crippen LogP contribution is 2.27. The molecular weight excluding hydrogens is 340 g/mol. The third kappa shape index (κ3) is 6.62. The molecule has 0 aliphatic carbocycles. The van der Waals surface area contributed by atoms with E-state index in [1.165, 1.54) is 14.0 Å². The monoisotopic (exact) mass is 366 g/mol. The molecule has 2 N–H and O–H groups in total. The normalized spacial score (nSPS) is 11.5. The van der Waals surface area contributed by atoms with Gasteiger partial charge in [-0.2, -0.15) is 0 Å². The van der Waals surface area contributed by atoms with Crippen molar-refractivity contribution < 1.29 is 28.6 Å². The fourth-order valence-corrected chi connectivity index (χ4v) is 2.19. The quantitative estimate of drug-likeness (QED) is 0.633. The number of amides is 2. The summed E-state index contributed by atoms with van der Waals surface area (Å²) in [6.07, 6.45) is 0. The Kier molecular flexibility index (Phi) is 8.41. The van der Waals surface area contributed by atoms with Crippen molar-refractivity contribution in [3.05, 3.63) is 23.8 Å². The van der Waals surface area contributed by atoms with Gasteiger partial charge in [0.25, 0.3) is 5.91 Å². The number of methoxy groups -OCH3 is 2. The Morgan fingerprint density at radius 2 is 1.73 bits per heavy atom. The minimum Gasteiger partial charge on any atom is -0.493 e. The van der Waals surface area contributed by atoms with Crippen LogP contribution in [0.3, 0.4) is 0 Å². The fraction of sp³-hybridized carbons (Fsp3) is 0.500. The molecule has 0 heterocycles. The molecule has 144 valence electrons. The first-order valence-corrected chi connectivity index (χ1v) is 8.19. The minimum atomic E-state index is -0.786. The zero-order valence-electron chi connectivity index (χ0n) is 15.8. The summed E-state index contributed by atoms with van der Waals surface area (Å²) in [4.78, 5) is 35.0. The molecule has 26 heavy (non-hydrogen) atoms. The van der Waals surface area contributed by atoms with Gasteiger partial charge in [0.2, 0.25) is 5.91 Å². The van der Waals surface area contributed by atoms with Gasteiger partial charge in [-0.3, -0.25) is 9.59 Å². The topological polar surface area (TPSA) is 103 Å². The number of benzene rings is 1. The van der Waals surface area contributed by atoms with Crippen molar-refractivity contribution in [3.8, 4) is 11.5 Å². The van der Waals surface area contributed by atoms with Crippen molar-refractivity contribution in [3.63, 3.8) is 0 Å². The third-order valence-corrected chi connectivity index (χ3v) is 3.56. The molecule has 1 atom stereocenters. The van der Waals surface area contributed by atoms with Gasteiger partial charge in [-0.1, -0.05) is 19.9 Å². The minimum absolute atomic E-state index is 0.152. The van der Waals surface area contributed by atoms with Crippen molar-refractivity contribution >= 4 is 17.8 Å². The molecule has 0 aliphatic rings. The Morgan fingerprint density at radius 1 is 1.08 bits per heavy atom. The van der Waals surface area contributed by atoms with E-state index in [0.717, 1.165) is 5.56 Å². The second kappa shape index (κ2) is 10.3. The lowest BCUT2D eigenvalue weighted by Gasteiger charge is -2.19. The van der Waals surface area contributed by atoms with Crippen molar-refractivity contribution in [1.29, 1.82) is 0 Å². The van der Waals surface area contributed by atoms with Crippen LogP contribution in [0.1, 0.15) is 26.3 Å². The van der Waals surface area contributed by atoms with E-state index >= 15 is 0 Å². The van der Waals surface area contributed by atoms with Crippen molar-refractivity contribution in [2.24, 2.45) is 5.92 Å². The lowest BCUT2D eigenvalue weighted by molar-refractivity contribution is -0.152. The summed E-state index contributed by atoms with van der Waals surface area (Å²) in [6, 6.07) is 4.49. The Balaban J connectivity index is 2.51. The van der Waals surface area contributed by atoms with Crippen molar-refractivity contribution in [2.75, 3.05) is 20.8 Å². The average Bonchev–Trinajstić information content (AvgIpc) is 2.61. The first kappa shape index (κ1) is 21.3. The molecule has 8 nitrogen and oxygen atoms in total. The van der Waals surface area contributed by atoms with Crippen LogP contribution in [0.2, 0.25) is 0 Å². The number of hydrogen-bond acceptors (Lipinski definition) is 6. The summed E-state index contributed by atoms with van der Waals surface area (Å²) < 4.78 is 15.3. The predicted molar refractivity (Wildman–Crippen MR) is 94.8 cm³/mol. The maximum absolute atomic E-state index is 12.0. The van der Waals surface area contributed by atoms with Crippen LogP contribution in [0.5, 0.6) is 11.5 Å². The van der Waals surface area contributed by atoms with Gasteiger partial charge in [0.15, 0.2) is 18.1 Å². The van der Waals surface area contributed by atoms with Gasteiger partial charge in [-0.15, -0.1) is 0 Å². The molecule has 2 amide bonds. The van der Waals surface area contributed by atoms with Gasteiger partial charge >= 0.3 is 5.97 Å². The van der Waals surface area contributed by atoms with E-state index in [0.29, 0.717) is 11.5 Å². The molecule has 0 unspecified atom stereocenters. The maximum Gasteiger partial charge on any atom is 0.329 e. The van der Waals surface area contributed by atoms with Crippen LogP contribution >= 0.6 is 0 Å². The number of esters is 1. The van der Waals surface area contributed by atoms with Crippen LogP contribution in [-0.2, 0) is 25.7 Å². The fourth-order valence-electron chi connectivity index (χ4n) is 2.19. The Bertz CT molecular complexity index is 645. The molecule has 0 saturated carbocycles. The number of carbonyl (C=O) groups excluding carboxylic acids is 3. The van der Waals surface area contributed by atoms with Gasteiger partial charge < -0.3 is 24.8 Å². The van der Waals surface area contributed by atoms with Gasteiger partial charge in [0.1, 0.15) is 6.04 Å². The molecule has 0 saturated heterocycles. The van der Waals surface area contributed by atoms with Gasteiger partial charge in [-0.05, 0) is 23.6 Å². The molecule has 0 bridgehead atoms. The Hall–Kier alpha value is -2.77. The standard InChI is InChI=1S/C18H26N2O6/c1-11(2)17(20-12(3)21)18(23)26-10-16(22)19-9-13-6-7-14(24-4)15(8-13)25-5/h6-8,11,17H,9-10H2,1-5H3,(H,19,22)(H,20,21)/t17-/m1/s1. The van der Waals surface area contributed by atoms with Crippen LogP contribution in [0, 0.1) is 5.92 Å². The molecule has 0 radical (unpaired) electrons. The summed E-state index contributed by atoms with van der Waals surface area (Å²) in [5.74, 6) is -0.426. The first-order chi connectivity index (χ1) is 12.3. The average molecular weight is 366 g/mol. The van der Waals surface area contributed by atoms with Gasteiger partial charge in [0, 0.05) is 13.5 Å². The number of hydrogen-bond donors (Lipinski definition) is 2. The smallest absolute Gasteiger partial charge is 0.329 e. The Labute approximate surface area is 153 Å². The lowest BCUT2D eigenvalue weighted by Crippen LogP contribution is -2.45.